The van der Waals surface area contributed by atoms with Gasteiger partial charge < -0.3 is 24.3 Å². The summed E-state index contributed by atoms with van der Waals surface area (Å²) in [6.45, 7) is 11.3. The van der Waals surface area contributed by atoms with Crippen LogP contribution in [0.2, 0.25) is 18.1 Å². The van der Waals surface area contributed by atoms with Gasteiger partial charge in [-0.15, -0.1) is 0 Å². The maximum atomic E-state index is 13.0. The van der Waals surface area contributed by atoms with Gasteiger partial charge in [-0.05, 0) is 25.1 Å². The van der Waals surface area contributed by atoms with Crippen LogP contribution >= 0.6 is 11.8 Å². The van der Waals surface area contributed by atoms with Crippen molar-refractivity contribution in [3.05, 3.63) is 22.8 Å². The van der Waals surface area contributed by atoms with Gasteiger partial charge in [0, 0.05) is 28.7 Å². The second-order valence-electron chi connectivity index (χ2n) is 9.30. The van der Waals surface area contributed by atoms with Gasteiger partial charge in [0.1, 0.15) is 17.5 Å². The fourth-order valence-corrected chi connectivity index (χ4v) is 5.01. The molecule has 0 aromatic heterocycles. The second-order valence-corrected chi connectivity index (χ2v) is 15.1. The molecule has 182 valence electrons. The molecule has 1 aliphatic heterocycles. The highest BCUT2D eigenvalue weighted by Gasteiger charge is 2.40. The van der Waals surface area contributed by atoms with E-state index in [1.54, 1.807) is 13.0 Å². The molecule has 1 aliphatic rings. The summed E-state index contributed by atoms with van der Waals surface area (Å²) in [5.74, 6) is -3.09. The highest BCUT2D eigenvalue weighted by molar-refractivity contribution is 7.98. The van der Waals surface area contributed by atoms with E-state index in [4.69, 9.17) is 13.9 Å². The number of thioether (sulfide) groups is 1. The van der Waals surface area contributed by atoms with Crippen molar-refractivity contribution in [3.63, 3.8) is 0 Å². The lowest BCUT2D eigenvalue weighted by molar-refractivity contribution is -0.144. The van der Waals surface area contributed by atoms with E-state index in [-0.39, 0.29) is 22.1 Å². The minimum atomic E-state index is -2.32. The number of carboxylic acids is 1. The van der Waals surface area contributed by atoms with Crippen LogP contribution in [0, 0.1) is 6.92 Å². The Morgan fingerprint density at radius 3 is 2.42 bits per heavy atom. The number of ketones is 1. The first-order valence-corrected chi connectivity index (χ1v) is 14.5. The summed E-state index contributed by atoms with van der Waals surface area (Å²) in [5.41, 5.74) is 1.23. The number of aliphatic carboxylic acids is 1. The number of esters is 1. The van der Waals surface area contributed by atoms with Crippen LogP contribution in [0.4, 0.5) is 0 Å². The second kappa shape index (κ2) is 10.2. The van der Waals surface area contributed by atoms with Crippen molar-refractivity contribution in [2.24, 2.45) is 0 Å². The zero-order valence-electron chi connectivity index (χ0n) is 20.0. The molecule has 0 spiro atoms. The van der Waals surface area contributed by atoms with Crippen molar-refractivity contribution in [2.45, 2.75) is 57.6 Å². The van der Waals surface area contributed by atoms with Crippen LogP contribution in [0.25, 0.3) is 0 Å². The van der Waals surface area contributed by atoms with Crippen molar-refractivity contribution in [1.82, 2.24) is 5.32 Å². The number of fused-ring (bicyclic) bond motifs is 1. The van der Waals surface area contributed by atoms with Gasteiger partial charge >= 0.3 is 11.9 Å². The summed E-state index contributed by atoms with van der Waals surface area (Å²) < 4.78 is 17.2. The van der Waals surface area contributed by atoms with Crippen molar-refractivity contribution in [1.29, 1.82) is 0 Å². The van der Waals surface area contributed by atoms with Crippen molar-refractivity contribution >= 4 is 43.7 Å². The number of rotatable bonds is 4. The molecule has 0 saturated heterocycles. The normalized spacial score (nSPS) is 18.3. The number of carbonyl (C=O) groups excluding carboxylic acids is 3. The summed E-state index contributed by atoms with van der Waals surface area (Å²) >= 11 is 1.20. The molecule has 1 aromatic carbocycles. The largest absolute Gasteiger partial charge is 0.543 e. The zero-order chi connectivity index (χ0) is 25.1. The predicted octanol–water partition coefficient (Wildman–Crippen LogP) is 2.93. The summed E-state index contributed by atoms with van der Waals surface area (Å²) in [5, 5.41) is 11.5. The Kier molecular flexibility index (Phi) is 8.23. The van der Waals surface area contributed by atoms with Gasteiger partial charge in [0.25, 0.3) is 11.7 Å². The van der Waals surface area contributed by atoms with E-state index < -0.39 is 44.6 Å². The molecule has 0 radical (unpaired) electrons. The molecule has 0 bridgehead atoms. The SMILES string of the molecule is COc1cc(O[Si](C)(C)C(C)(C)C)c2c(c1C)C(=O)OCC(=O)C(=O)N[C@H](C(=O)O)CSC2. The fourth-order valence-electron chi connectivity index (χ4n) is 2.90. The first kappa shape index (κ1) is 26.7. The molecule has 1 aromatic rings. The van der Waals surface area contributed by atoms with E-state index in [2.05, 4.69) is 39.2 Å². The van der Waals surface area contributed by atoms with E-state index in [9.17, 15) is 24.3 Å². The van der Waals surface area contributed by atoms with Gasteiger partial charge in [0.2, 0.25) is 8.32 Å². The molecule has 1 heterocycles. The molecular formula is C22H31NO8SSi. The third-order valence-corrected chi connectivity index (χ3v) is 11.3. The Bertz CT molecular complexity index is 970. The lowest BCUT2D eigenvalue weighted by atomic mass is 10.0. The fraction of sp³-hybridized carbons (Fsp3) is 0.545. The topological polar surface area (TPSA) is 128 Å². The third kappa shape index (κ3) is 6.08. The summed E-state index contributed by atoms with van der Waals surface area (Å²) in [6, 6.07) is 0.463. The van der Waals surface area contributed by atoms with E-state index in [1.807, 2.05) is 0 Å². The van der Waals surface area contributed by atoms with Crippen LogP contribution in [-0.2, 0) is 24.9 Å². The predicted molar refractivity (Wildman–Crippen MR) is 127 cm³/mol. The van der Waals surface area contributed by atoms with Crippen LogP contribution in [-0.4, -0.2) is 62.6 Å². The number of cyclic esters (lactones) is 1. The smallest absolute Gasteiger partial charge is 0.339 e. The standard InChI is InChI=1S/C22H31NO8SSi/c1-12-16(29-5)8-17(31-33(6,7)22(2,3)4)13-10-32-11-14(20(26)27)23-19(25)15(24)9-30-21(28)18(12)13/h8,14H,9-11H2,1-7H3,(H,23,25)(H,26,27)/t14-/m0/s1. The molecule has 2 rings (SSSR count). The molecule has 0 fully saturated rings. The molecule has 0 unspecified atom stereocenters. The highest BCUT2D eigenvalue weighted by Crippen LogP contribution is 2.42. The third-order valence-electron chi connectivity index (χ3n) is 5.92. The molecule has 2 N–H and O–H groups in total. The number of methoxy groups -OCH3 is 1. The molecule has 1 atom stereocenters. The number of Topliss-reactive ketones (excluding diaryl/α,β-unsaturated/α-hetero) is 1. The Labute approximate surface area is 198 Å². The number of ether oxygens (including phenoxy) is 2. The average molecular weight is 498 g/mol. The van der Waals surface area contributed by atoms with Crippen LogP contribution in [0.1, 0.15) is 42.3 Å². The maximum absolute atomic E-state index is 13.0. The Morgan fingerprint density at radius 2 is 1.88 bits per heavy atom. The van der Waals surface area contributed by atoms with Crippen molar-refractivity contribution in [2.75, 3.05) is 19.5 Å². The van der Waals surface area contributed by atoms with Crippen LogP contribution in [0.15, 0.2) is 6.07 Å². The van der Waals surface area contributed by atoms with Crippen LogP contribution in [0.5, 0.6) is 11.5 Å². The minimum absolute atomic E-state index is 0.00650. The summed E-state index contributed by atoms with van der Waals surface area (Å²) in [7, 11) is -0.845. The highest BCUT2D eigenvalue weighted by atomic mass is 32.2. The number of hydrogen-bond acceptors (Lipinski definition) is 8. The number of nitrogens with one attached hydrogen (secondary N) is 1. The quantitative estimate of drug-likeness (QED) is 0.366. The molecule has 1 amide bonds. The molecule has 0 aliphatic carbocycles. The van der Waals surface area contributed by atoms with Crippen molar-refractivity contribution < 1.29 is 38.2 Å². The van der Waals surface area contributed by atoms with Gasteiger partial charge in [0.05, 0.1) is 12.7 Å². The number of hydrogen-bond donors (Lipinski definition) is 2. The van der Waals surface area contributed by atoms with Crippen molar-refractivity contribution in [3.8, 4) is 11.5 Å². The van der Waals surface area contributed by atoms with Crippen LogP contribution < -0.4 is 14.5 Å². The Hall–Kier alpha value is -2.53. The van der Waals surface area contributed by atoms with E-state index in [1.165, 1.54) is 18.9 Å². The zero-order valence-corrected chi connectivity index (χ0v) is 21.8. The van der Waals surface area contributed by atoms with Gasteiger partial charge in [-0.1, -0.05) is 20.8 Å². The first-order valence-electron chi connectivity index (χ1n) is 10.4. The lowest BCUT2D eigenvalue weighted by Gasteiger charge is -2.37. The molecule has 33 heavy (non-hydrogen) atoms. The number of benzene rings is 1. The Morgan fingerprint density at radius 1 is 1.24 bits per heavy atom. The average Bonchev–Trinajstić information content (AvgIpc) is 2.70. The maximum Gasteiger partial charge on any atom is 0.339 e. The number of carbonyl (C=O) groups is 4. The molecule has 11 heteroatoms. The minimum Gasteiger partial charge on any atom is -0.543 e. The molecule has 0 saturated carbocycles. The van der Waals surface area contributed by atoms with E-state index >= 15 is 0 Å². The van der Waals surface area contributed by atoms with Crippen LogP contribution in [0.3, 0.4) is 0 Å². The number of amides is 1. The van der Waals surface area contributed by atoms with Gasteiger partial charge in [-0.3, -0.25) is 9.59 Å². The summed E-state index contributed by atoms with van der Waals surface area (Å²) in [6.07, 6.45) is 0. The van der Waals surface area contributed by atoms with Gasteiger partial charge in [-0.2, -0.15) is 11.8 Å². The lowest BCUT2D eigenvalue weighted by Crippen LogP contribution is -2.46. The number of carboxylic acid groups (broad SMARTS) is 1. The summed E-state index contributed by atoms with van der Waals surface area (Å²) in [4.78, 5) is 48.7. The monoisotopic (exact) mass is 497 g/mol. The van der Waals surface area contributed by atoms with E-state index in [0.29, 0.717) is 22.6 Å². The molecule has 9 nitrogen and oxygen atoms in total. The van der Waals surface area contributed by atoms with E-state index in [0.717, 1.165) is 0 Å². The Balaban J connectivity index is 2.64. The van der Waals surface area contributed by atoms with Gasteiger partial charge in [-0.25, -0.2) is 9.59 Å². The van der Waals surface area contributed by atoms with Gasteiger partial charge in [0.15, 0.2) is 6.61 Å². The molecular weight excluding hydrogens is 466 g/mol. The first-order chi connectivity index (χ1) is 15.2.